The third-order valence-electron chi connectivity index (χ3n) is 4.24. The Morgan fingerprint density at radius 2 is 1.70 bits per heavy atom. The van der Waals surface area contributed by atoms with E-state index < -0.39 is 10.0 Å². The molecule has 2 amide bonds. The number of hydrogen-bond acceptors (Lipinski definition) is 4. The Hall–Kier alpha value is -1.97. The molecule has 0 saturated heterocycles. The van der Waals surface area contributed by atoms with Crippen molar-refractivity contribution in [3.05, 3.63) is 23.8 Å². The summed E-state index contributed by atoms with van der Waals surface area (Å²) in [5.41, 5.74) is 1.23. The maximum Gasteiger partial charge on any atom is 0.279 e. The molecule has 0 radical (unpaired) electrons. The number of aryl methyl sites for hydroxylation is 1. The molecule has 0 bridgehead atoms. The van der Waals surface area contributed by atoms with Gasteiger partial charge in [-0.1, -0.05) is 19.9 Å². The first-order valence-electron chi connectivity index (χ1n) is 8.95. The Kier molecular flexibility index (Phi) is 8.39. The molecule has 0 aliphatic rings. The van der Waals surface area contributed by atoms with E-state index in [-0.39, 0.29) is 29.8 Å². The molecule has 0 aliphatic heterocycles. The van der Waals surface area contributed by atoms with E-state index in [1.165, 1.54) is 15.3 Å². The van der Waals surface area contributed by atoms with E-state index in [1.807, 2.05) is 0 Å². The quantitative estimate of drug-likeness (QED) is 0.589. The predicted octanol–water partition coefficient (Wildman–Crippen LogP) is -0.433. The van der Waals surface area contributed by atoms with Crippen molar-refractivity contribution >= 4 is 27.5 Å². The van der Waals surface area contributed by atoms with Crippen molar-refractivity contribution in [2.24, 2.45) is 0 Å². The number of sulfonamides is 1. The third-order valence-corrected chi connectivity index (χ3v) is 6.29. The van der Waals surface area contributed by atoms with Crippen molar-refractivity contribution in [3.8, 4) is 0 Å². The van der Waals surface area contributed by atoms with Crippen LogP contribution in [-0.4, -0.2) is 76.8 Å². The lowest BCUT2D eigenvalue weighted by Crippen LogP contribution is -3.11. The van der Waals surface area contributed by atoms with Crippen LogP contribution in [0.2, 0.25) is 0 Å². The first-order chi connectivity index (χ1) is 12.5. The van der Waals surface area contributed by atoms with Gasteiger partial charge in [0.05, 0.1) is 11.9 Å². The summed E-state index contributed by atoms with van der Waals surface area (Å²) in [5.74, 6) is -0.344. The van der Waals surface area contributed by atoms with Crippen LogP contribution in [0.4, 0.5) is 5.69 Å². The van der Waals surface area contributed by atoms with Crippen molar-refractivity contribution in [2.75, 3.05) is 52.6 Å². The average molecular weight is 400 g/mol. The highest BCUT2D eigenvalue weighted by molar-refractivity contribution is 7.89. The molecule has 1 rings (SSSR count). The van der Waals surface area contributed by atoms with Crippen LogP contribution >= 0.6 is 0 Å². The number of hydrogen-bond donors (Lipinski definition) is 2. The molecule has 1 unspecified atom stereocenters. The Morgan fingerprint density at radius 1 is 1.11 bits per heavy atom. The standard InChI is InChI=1S/C18H30N4O4S/c1-7-22(8-2)27(25,26)15-10-9-14(3)16(11-15)19-17(23)12-21(6)13-18(24)20(4)5/h9-11H,7-8,12-13H2,1-6H3,(H,19,23)/p+1. The molecule has 0 aromatic heterocycles. The van der Waals surface area contributed by atoms with E-state index in [9.17, 15) is 18.0 Å². The highest BCUT2D eigenvalue weighted by Gasteiger charge is 2.23. The van der Waals surface area contributed by atoms with Gasteiger partial charge in [0.2, 0.25) is 10.0 Å². The Morgan fingerprint density at radius 3 is 2.22 bits per heavy atom. The molecule has 1 aromatic carbocycles. The first kappa shape index (κ1) is 23.1. The van der Waals surface area contributed by atoms with Crippen molar-refractivity contribution in [3.63, 3.8) is 0 Å². The predicted molar refractivity (Wildman–Crippen MR) is 105 cm³/mol. The zero-order valence-corrected chi connectivity index (χ0v) is 17.8. The molecular weight excluding hydrogens is 368 g/mol. The zero-order chi connectivity index (χ0) is 20.8. The Bertz CT molecular complexity index is 774. The minimum Gasteiger partial charge on any atom is -0.344 e. The van der Waals surface area contributed by atoms with E-state index in [1.54, 1.807) is 54.0 Å². The smallest absolute Gasteiger partial charge is 0.279 e. The number of carbonyl (C=O) groups excluding carboxylic acids is 2. The van der Waals surface area contributed by atoms with Gasteiger partial charge in [-0.15, -0.1) is 0 Å². The molecule has 1 aromatic rings. The van der Waals surface area contributed by atoms with E-state index in [2.05, 4.69) is 5.32 Å². The van der Waals surface area contributed by atoms with Gasteiger partial charge in [0.1, 0.15) is 0 Å². The summed E-state index contributed by atoms with van der Waals surface area (Å²) in [6, 6.07) is 4.71. The van der Waals surface area contributed by atoms with Crippen LogP contribution in [-0.2, 0) is 19.6 Å². The largest absolute Gasteiger partial charge is 0.344 e. The number of anilines is 1. The van der Waals surface area contributed by atoms with Crippen molar-refractivity contribution in [1.82, 2.24) is 9.21 Å². The van der Waals surface area contributed by atoms with Crippen LogP contribution in [0.25, 0.3) is 0 Å². The fraction of sp³-hybridized carbons (Fsp3) is 0.556. The van der Waals surface area contributed by atoms with Crippen molar-refractivity contribution in [2.45, 2.75) is 25.7 Å². The van der Waals surface area contributed by atoms with E-state index >= 15 is 0 Å². The van der Waals surface area contributed by atoms with Gasteiger partial charge < -0.3 is 15.1 Å². The average Bonchev–Trinajstić information content (AvgIpc) is 2.57. The molecule has 152 valence electrons. The fourth-order valence-electron chi connectivity index (χ4n) is 2.56. The number of carbonyl (C=O) groups is 2. The normalized spacial score (nSPS) is 12.7. The van der Waals surface area contributed by atoms with Crippen LogP contribution in [0, 0.1) is 6.92 Å². The van der Waals surface area contributed by atoms with Crippen molar-refractivity contribution in [1.29, 1.82) is 0 Å². The van der Waals surface area contributed by atoms with Crippen molar-refractivity contribution < 1.29 is 22.9 Å². The molecular formula is C18H31N4O4S+. The molecule has 0 saturated carbocycles. The summed E-state index contributed by atoms with van der Waals surface area (Å²) >= 11 is 0. The number of benzene rings is 1. The third kappa shape index (κ3) is 6.30. The summed E-state index contributed by atoms with van der Waals surface area (Å²) in [4.78, 5) is 26.4. The second-order valence-corrected chi connectivity index (χ2v) is 8.65. The summed E-state index contributed by atoms with van der Waals surface area (Å²) < 4.78 is 26.7. The van der Waals surface area contributed by atoms with Gasteiger partial charge in [-0.3, -0.25) is 9.59 Å². The second kappa shape index (κ2) is 9.82. The zero-order valence-electron chi connectivity index (χ0n) is 17.0. The van der Waals surface area contributed by atoms with Crippen LogP contribution in [0.1, 0.15) is 19.4 Å². The van der Waals surface area contributed by atoms with Crippen LogP contribution in [0.3, 0.4) is 0 Å². The first-order valence-corrected chi connectivity index (χ1v) is 10.4. The molecule has 8 nitrogen and oxygen atoms in total. The van der Waals surface area contributed by atoms with E-state index in [4.69, 9.17) is 0 Å². The van der Waals surface area contributed by atoms with Gasteiger partial charge in [-0.25, -0.2) is 8.42 Å². The highest BCUT2D eigenvalue weighted by Crippen LogP contribution is 2.22. The number of quaternary nitrogens is 1. The number of nitrogens with zero attached hydrogens (tertiary/aromatic N) is 2. The van der Waals surface area contributed by atoms with Gasteiger partial charge >= 0.3 is 0 Å². The lowest BCUT2D eigenvalue weighted by molar-refractivity contribution is -0.862. The molecule has 0 spiro atoms. The van der Waals surface area contributed by atoms with Crippen LogP contribution in [0.5, 0.6) is 0 Å². The molecule has 27 heavy (non-hydrogen) atoms. The lowest BCUT2D eigenvalue weighted by atomic mass is 10.2. The molecule has 0 fully saturated rings. The Labute approximate surface area is 162 Å². The molecule has 0 heterocycles. The fourth-order valence-corrected chi connectivity index (χ4v) is 4.04. The minimum atomic E-state index is -3.60. The van der Waals surface area contributed by atoms with E-state index in [0.29, 0.717) is 18.8 Å². The van der Waals surface area contributed by atoms with Gasteiger partial charge in [-0.2, -0.15) is 4.31 Å². The number of nitrogens with one attached hydrogen (secondary N) is 2. The van der Waals surface area contributed by atoms with E-state index in [0.717, 1.165) is 10.5 Å². The maximum absolute atomic E-state index is 12.7. The molecule has 0 aliphatic carbocycles. The molecule has 1 atom stereocenters. The number of likely N-dealkylation sites (N-methyl/N-ethyl adjacent to an activating group) is 2. The molecule has 2 N–H and O–H groups in total. The van der Waals surface area contributed by atoms with Gasteiger partial charge in [0.15, 0.2) is 13.1 Å². The maximum atomic E-state index is 12.7. The molecule has 9 heteroatoms. The second-order valence-electron chi connectivity index (χ2n) is 6.71. The SMILES string of the molecule is CCN(CC)S(=O)(=O)c1ccc(C)c(NC(=O)C[NH+](C)CC(=O)N(C)C)c1. The Balaban J connectivity index is 2.92. The van der Waals surface area contributed by atoms with Gasteiger partial charge in [0, 0.05) is 32.9 Å². The lowest BCUT2D eigenvalue weighted by Gasteiger charge is -2.20. The summed E-state index contributed by atoms with van der Waals surface area (Å²) in [6.45, 7) is 6.43. The van der Waals surface area contributed by atoms with Crippen LogP contribution in [0.15, 0.2) is 23.1 Å². The summed E-state index contributed by atoms with van der Waals surface area (Å²) in [6.07, 6.45) is 0. The minimum absolute atomic E-state index is 0.0659. The van der Waals surface area contributed by atoms with Crippen LogP contribution < -0.4 is 10.2 Å². The monoisotopic (exact) mass is 399 g/mol. The summed E-state index contributed by atoms with van der Waals surface area (Å²) in [7, 11) is 1.50. The summed E-state index contributed by atoms with van der Waals surface area (Å²) in [5, 5.41) is 2.76. The number of rotatable bonds is 9. The topological polar surface area (TPSA) is 91.2 Å². The van der Waals surface area contributed by atoms with Gasteiger partial charge in [0.25, 0.3) is 11.8 Å². The highest BCUT2D eigenvalue weighted by atomic mass is 32.2. The van der Waals surface area contributed by atoms with Gasteiger partial charge in [-0.05, 0) is 24.6 Å². The number of amides is 2.